The summed E-state index contributed by atoms with van der Waals surface area (Å²) in [5.74, 6) is -2.12. The van der Waals surface area contributed by atoms with Crippen molar-refractivity contribution in [1.29, 1.82) is 0 Å². The molecule has 0 saturated heterocycles. The number of carbonyl (C=O) groups excluding carboxylic acids is 4. The van der Waals surface area contributed by atoms with E-state index in [0.29, 0.717) is 43.5 Å². The summed E-state index contributed by atoms with van der Waals surface area (Å²) in [7, 11) is -2.90. The molecule has 2 aliphatic heterocycles. The van der Waals surface area contributed by atoms with Crippen LogP contribution in [0.1, 0.15) is 33.6 Å². The topological polar surface area (TPSA) is 139 Å². The highest BCUT2D eigenvalue weighted by Gasteiger charge is 2.26. The zero-order chi connectivity index (χ0) is 32.2. The molecule has 2 aromatic rings. The number of ketones is 2. The molecule has 0 N–H and O–H groups in total. The molecule has 0 saturated carbocycles. The number of esters is 2. The number of ether oxygens (including phenoxy) is 4. The van der Waals surface area contributed by atoms with Crippen LogP contribution in [-0.2, 0) is 48.3 Å². The SMILES string of the molecule is O=C(COc1ccc2c(c1)C(=O)C1C=CC=CC1=[S-]2=O)OCCCCOC(=O)COc1ccc2c(c1)C(=O)C1C=CC=CC1=[S-]2=O. The molecule has 0 radical (unpaired) electrons. The number of benzene rings is 2. The first kappa shape index (κ1) is 31.3. The third-order valence-electron chi connectivity index (χ3n) is 7.57. The predicted molar refractivity (Wildman–Crippen MR) is 170 cm³/mol. The molecular formula is C34H28O10S2-2. The van der Waals surface area contributed by atoms with Crippen LogP contribution in [-0.4, -0.2) is 59.7 Å². The maximum Gasteiger partial charge on any atom is 0.344 e. The number of unbranched alkanes of at least 4 members (excludes halogenated alkanes) is 1. The van der Waals surface area contributed by atoms with Crippen molar-refractivity contribution in [3.63, 3.8) is 0 Å². The molecule has 4 aliphatic rings. The van der Waals surface area contributed by atoms with Crippen LogP contribution in [0.2, 0.25) is 0 Å². The quantitative estimate of drug-likeness (QED) is 0.151. The van der Waals surface area contributed by atoms with Crippen LogP contribution < -0.4 is 9.47 Å². The molecule has 0 aromatic heterocycles. The van der Waals surface area contributed by atoms with Gasteiger partial charge in [-0.2, -0.15) is 0 Å². The molecule has 10 nitrogen and oxygen atoms in total. The highest BCUT2D eigenvalue weighted by atomic mass is 32.2. The first-order valence-corrected chi connectivity index (χ1v) is 16.8. The summed E-state index contributed by atoms with van der Waals surface area (Å²) in [5, 5.41) is 0. The lowest BCUT2D eigenvalue weighted by molar-refractivity contribution is -0.148. The summed E-state index contributed by atoms with van der Waals surface area (Å²) in [6.45, 7) is -0.560. The van der Waals surface area contributed by atoms with Crippen molar-refractivity contribution in [1.82, 2.24) is 0 Å². The van der Waals surface area contributed by atoms with E-state index >= 15 is 0 Å². The Morgan fingerprint density at radius 1 is 0.630 bits per heavy atom. The van der Waals surface area contributed by atoms with Gasteiger partial charge in [0.25, 0.3) is 0 Å². The molecule has 2 atom stereocenters. The minimum Gasteiger partial charge on any atom is -0.482 e. The highest BCUT2D eigenvalue weighted by molar-refractivity contribution is 7.86. The number of rotatable bonds is 11. The lowest BCUT2D eigenvalue weighted by Crippen LogP contribution is -2.29. The van der Waals surface area contributed by atoms with Gasteiger partial charge in [-0.1, -0.05) is 60.7 Å². The third kappa shape index (κ3) is 6.49. The van der Waals surface area contributed by atoms with Crippen LogP contribution in [0.4, 0.5) is 0 Å². The van der Waals surface area contributed by atoms with Crippen molar-refractivity contribution in [2.45, 2.75) is 22.6 Å². The minimum absolute atomic E-state index is 0.0910. The van der Waals surface area contributed by atoms with Gasteiger partial charge in [0.05, 0.1) is 13.2 Å². The minimum atomic E-state index is -1.45. The van der Waals surface area contributed by atoms with E-state index in [1.165, 1.54) is 12.1 Å². The third-order valence-corrected chi connectivity index (χ3v) is 10.7. The van der Waals surface area contributed by atoms with Crippen LogP contribution >= 0.6 is 0 Å². The normalized spacial score (nSPS) is 19.7. The van der Waals surface area contributed by atoms with E-state index in [2.05, 4.69) is 0 Å². The molecule has 0 amide bonds. The number of carbonyl (C=O) groups is 4. The Balaban J connectivity index is 0.887. The zero-order valence-electron chi connectivity index (χ0n) is 24.4. The second-order valence-corrected chi connectivity index (χ2v) is 13.5. The van der Waals surface area contributed by atoms with E-state index in [1.54, 1.807) is 72.9 Å². The molecular weight excluding hydrogens is 632 g/mol. The van der Waals surface area contributed by atoms with E-state index in [4.69, 9.17) is 18.9 Å². The molecule has 2 heterocycles. The summed E-state index contributed by atoms with van der Waals surface area (Å²) in [6.07, 6.45) is 14.7. The molecule has 2 aromatic carbocycles. The fourth-order valence-corrected chi connectivity index (χ4v) is 8.12. The predicted octanol–water partition coefficient (Wildman–Crippen LogP) is 3.88. The smallest absolute Gasteiger partial charge is 0.344 e. The zero-order valence-corrected chi connectivity index (χ0v) is 26.0. The van der Waals surface area contributed by atoms with Gasteiger partial charge in [0.1, 0.15) is 11.5 Å². The average molecular weight is 661 g/mol. The van der Waals surface area contributed by atoms with Gasteiger partial charge in [-0.3, -0.25) is 9.59 Å². The second-order valence-electron chi connectivity index (χ2n) is 10.6. The Labute approximate surface area is 268 Å². The van der Waals surface area contributed by atoms with Crippen molar-refractivity contribution in [3.8, 4) is 11.5 Å². The van der Waals surface area contributed by atoms with E-state index in [9.17, 15) is 27.6 Å². The van der Waals surface area contributed by atoms with Crippen molar-refractivity contribution in [2.24, 2.45) is 11.8 Å². The molecule has 238 valence electrons. The molecule has 2 aliphatic carbocycles. The lowest BCUT2D eigenvalue weighted by atomic mass is 9.91. The molecule has 0 fully saturated rings. The van der Waals surface area contributed by atoms with Crippen LogP contribution in [0.5, 0.6) is 11.5 Å². The van der Waals surface area contributed by atoms with Crippen LogP contribution in [0.25, 0.3) is 0 Å². The summed E-state index contributed by atoms with van der Waals surface area (Å²) in [6, 6.07) is 9.26. The van der Waals surface area contributed by atoms with Crippen molar-refractivity contribution >= 4 is 54.0 Å². The number of hydrogen-bond donors (Lipinski definition) is 0. The van der Waals surface area contributed by atoms with Crippen molar-refractivity contribution in [2.75, 3.05) is 26.4 Å². The van der Waals surface area contributed by atoms with Gasteiger partial charge in [-0.05, 0) is 37.1 Å². The first-order chi connectivity index (χ1) is 22.3. The summed E-state index contributed by atoms with van der Waals surface area (Å²) in [4.78, 5) is 52.0. The summed E-state index contributed by atoms with van der Waals surface area (Å²) < 4.78 is 47.1. The molecule has 46 heavy (non-hydrogen) atoms. The lowest BCUT2D eigenvalue weighted by Gasteiger charge is -2.30. The molecule has 0 spiro atoms. The van der Waals surface area contributed by atoms with Gasteiger partial charge < -0.3 is 27.4 Å². The van der Waals surface area contributed by atoms with Gasteiger partial charge >= 0.3 is 11.9 Å². The van der Waals surface area contributed by atoms with Crippen LogP contribution in [0.3, 0.4) is 0 Å². The molecule has 2 unspecified atom stereocenters. The Morgan fingerprint density at radius 3 is 1.50 bits per heavy atom. The standard InChI is InChI=1S/C34H28O10S2/c35-31(19-43-21-11-13-29-25(17-21)33(37)23-7-1-3-9-27(23)45(29)39)41-15-5-6-16-42-32(36)20-44-22-12-14-30-26(18-22)34(38)24-8-2-4-10-28(24)46(30)40/h1-4,7-14,17-18,23-24H,5-6,15-16,19-20H2/q-2. The van der Waals surface area contributed by atoms with E-state index in [1.807, 2.05) is 0 Å². The Hall–Kier alpha value is -4.68. The highest BCUT2D eigenvalue weighted by Crippen LogP contribution is 2.31. The molecule has 0 bridgehead atoms. The largest absolute Gasteiger partial charge is 0.482 e. The van der Waals surface area contributed by atoms with Gasteiger partial charge in [0.15, 0.2) is 24.8 Å². The van der Waals surface area contributed by atoms with E-state index < -0.39 is 44.6 Å². The van der Waals surface area contributed by atoms with Crippen molar-refractivity contribution in [3.05, 3.63) is 96.1 Å². The number of fused-ring (bicyclic) bond motifs is 4. The average Bonchev–Trinajstić information content (AvgIpc) is 3.09. The fraction of sp³-hybridized carbons (Fsp3) is 0.235. The van der Waals surface area contributed by atoms with Crippen LogP contribution in [0, 0.1) is 11.8 Å². The maximum atomic E-state index is 12.9. The van der Waals surface area contributed by atoms with Gasteiger partial charge in [-0.15, -0.1) is 19.5 Å². The fourth-order valence-electron chi connectivity index (χ4n) is 5.27. The number of Topliss-reactive ketones (excluding diaryl/α,β-unsaturated/α-hetero) is 2. The monoisotopic (exact) mass is 660 g/mol. The van der Waals surface area contributed by atoms with Crippen molar-refractivity contribution < 1.29 is 46.5 Å². The first-order valence-electron chi connectivity index (χ1n) is 14.5. The van der Waals surface area contributed by atoms with Gasteiger partial charge in [0, 0.05) is 23.0 Å². The summed E-state index contributed by atoms with van der Waals surface area (Å²) in [5.41, 5.74) is 0.612. The Morgan fingerprint density at radius 2 is 1.07 bits per heavy atom. The van der Waals surface area contributed by atoms with Gasteiger partial charge in [0.2, 0.25) is 0 Å². The van der Waals surface area contributed by atoms with Crippen LogP contribution in [0.15, 0.2) is 94.8 Å². The second kappa shape index (κ2) is 13.8. The molecule has 6 rings (SSSR count). The summed E-state index contributed by atoms with van der Waals surface area (Å²) >= 11 is 0. The van der Waals surface area contributed by atoms with Gasteiger partial charge in [-0.25, -0.2) is 30.4 Å². The Kier molecular flexibility index (Phi) is 9.36. The Bertz CT molecular complexity index is 1790. The number of allylic oxidation sites excluding steroid dienone is 8. The molecule has 12 heteroatoms. The maximum absolute atomic E-state index is 12.9. The van der Waals surface area contributed by atoms with E-state index in [0.717, 1.165) is 0 Å². The van der Waals surface area contributed by atoms with E-state index in [-0.39, 0.29) is 49.5 Å². The number of hydrogen-bond acceptors (Lipinski definition) is 12.